The molecule has 0 unspecified atom stereocenters. The van der Waals surface area contributed by atoms with Crippen molar-refractivity contribution in [2.45, 2.75) is 13.8 Å². The third-order valence-electron chi connectivity index (χ3n) is 0. The van der Waals surface area contributed by atoms with E-state index in [-0.39, 0.29) is 17.4 Å². The van der Waals surface area contributed by atoms with Gasteiger partial charge < -0.3 is 19.2 Å². The van der Waals surface area contributed by atoms with Gasteiger partial charge in [-0.2, -0.15) is 7.82 Å². The van der Waals surface area contributed by atoms with Crippen LogP contribution in [0.3, 0.4) is 0 Å². The van der Waals surface area contributed by atoms with Crippen LogP contribution in [0.5, 0.6) is 0 Å². The van der Waals surface area contributed by atoms with E-state index >= 15 is 0 Å². The van der Waals surface area contributed by atoms with Gasteiger partial charge in [0.05, 0.1) is 0 Å². The van der Waals surface area contributed by atoms with Crippen LogP contribution in [0.2, 0.25) is 0 Å². The van der Waals surface area contributed by atoms with Crippen LogP contribution in [0.1, 0.15) is 13.8 Å². The molecule has 0 aliphatic heterocycles. The van der Waals surface area contributed by atoms with Crippen LogP contribution < -0.4 is 14.7 Å². The van der Waals surface area contributed by atoms with E-state index < -0.39 is 7.82 Å². The Bertz CT molecular complexity index is 60.2. The third kappa shape index (κ3) is 512. The Balaban J connectivity index is -0.0000000750. The van der Waals surface area contributed by atoms with E-state index in [1.165, 1.54) is 0 Å². The minimum absolute atomic E-state index is 0. The Labute approximate surface area is 58.9 Å². The van der Waals surface area contributed by atoms with Crippen molar-refractivity contribution in [3.63, 3.8) is 0 Å². The Morgan fingerprint density at radius 3 is 1.12 bits per heavy atom. The molecule has 0 saturated carbocycles. The Morgan fingerprint density at radius 1 is 1.12 bits per heavy atom. The van der Waals surface area contributed by atoms with Gasteiger partial charge in [0.25, 0.3) is 0 Å². The van der Waals surface area contributed by atoms with Crippen molar-refractivity contribution >= 4 is 25.2 Å². The summed E-state index contributed by atoms with van der Waals surface area (Å²) in [5.74, 6) is 0. The molecular formula is C2H6AlO4P. The smallest absolute Gasteiger partial charge is 0.822 e. The van der Waals surface area contributed by atoms with Gasteiger partial charge in [-0.15, -0.1) is 0 Å². The zero-order valence-electron chi connectivity index (χ0n) is 4.66. The molecule has 0 aliphatic rings. The Kier molecular flexibility index (Phi) is 15.1. The standard InChI is InChI=1S/C2H6.Al.H3O4P/c1-2;;1-5(2,3)4/h1-2H3;;(H3,1,2,3,4)/q;+3;/p-3. The summed E-state index contributed by atoms with van der Waals surface area (Å²) in [7, 11) is -5.39. The van der Waals surface area contributed by atoms with E-state index in [9.17, 15) is 0 Å². The summed E-state index contributed by atoms with van der Waals surface area (Å²) >= 11 is 0. The molecule has 0 radical (unpaired) electrons. The van der Waals surface area contributed by atoms with Crippen molar-refractivity contribution in [3.8, 4) is 0 Å². The molecule has 0 aliphatic carbocycles. The molecule has 0 saturated heterocycles. The summed E-state index contributed by atoms with van der Waals surface area (Å²) in [5.41, 5.74) is 0. The van der Waals surface area contributed by atoms with Gasteiger partial charge in [-0.1, -0.05) is 13.8 Å². The quantitative estimate of drug-likeness (QED) is 0.291. The maximum Gasteiger partial charge on any atom is 3.00 e. The van der Waals surface area contributed by atoms with Gasteiger partial charge in [0, 0.05) is 0 Å². The molecule has 8 heavy (non-hydrogen) atoms. The summed E-state index contributed by atoms with van der Waals surface area (Å²) in [4.78, 5) is 25.6. The van der Waals surface area contributed by atoms with Gasteiger partial charge in [-0.05, 0) is 0 Å². The zero-order chi connectivity index (χ0) is 6.50. The summed E-state index contributed by atoms with van der Waals surface area (Å²) in [6.45, 7) is 4.00. The fourth-order valence-electron chi connectivity index (χ4n) is 0. The predicted octanol–water partition coefficient (Wildman–Crippen LogP) is -2.18. The topological polar surface area (TPSA) is 86.2 Å². The van der Waals surface area contributed by atoms with Crippen LogP contribution in [0.4, 0.5) is 0 Å². The molecule has 6 heteroatoms. The van der Waals surface area contributed by atoms with Gasteiger partial charge in [0.15, 0.2) is 0 Å². The second-order valence-corrected chi connectivity index (χ2v) is 1.34. The minimum Gasteiger partial charge on any atom is -0.822 e. The summed E-state index contributed by atoms with van der Waals surface area (Å²) in [6, 6.07) is 0. The van der Waals surface area contributed by atoms with Gasteiger partial charge in [0.1, 0.15) is 0 Å². The number of rotatable bonds is 0. The molecule has 0 fully saturated rings. The molecule has 0 atom stereocenters. The number of hydrogen-bond donors (Lipinski definition) is 0. The molecular weight excluding hydrogens is 146 g/mol. The molecule has 0 heterocycles. The van der Waals surface area contributed by atoms with Crippen LogP contribution >= 0.6 is 7.82 Å². The van der Waals surface area contributed by atoms with E-state index in [1.807, 2.05) is 13.8 Å². The second-order valence-electron chi connectivity index (χ2n) is 0.447. The SMILES string of the molecule is CC.O=P([O-])([O-])[O-].[Al+3]. The first-order chi connectivity index (χ1) is 3.00. The van der Waals surface area contributed by atoms with Crippen molar-refractivity contribution < 1.29 is 19.2 Å². The summed E-state index contributed by atoms with van der Waals surface area (Å²) in [6.07, 6.45) is 0. The van der Waals surface area contributed by atoms with E-state index in [1.54, 1.807) is 0 Å². The third-order valence-corrected chi connectivity index (χ3v) is 0. The first-order valence-electron chi connectivity index (χ1n) is 1.73. The van der Waals surface area contributed by atoms with Crippen LogP contribution in [0.15, 0.2) is 0 Å². The van der Waals surface area contributed by atoms with E-state index in [4.69, 9.17) is 19.2 Å². The van der Waals surface area contributed by atoms with Crippen molar-refractivity contribution in [3.05, 3.63) is 0 Å². The van der Waals surface area contributed by atoms with Crippen molar-refractivity contribution in [1.82, 2.24) is 0 Å². The van der Waals surface area contributed by atoms with Gasteiger partial charge >= 0.3 is 17.4 Å². The maximum absolute atomic E-state index is 8.55. The molecule has 0 N–H and O–H groups in total. The first kappa shape index (κ1) is 15.9. The first-order valence-corrected chi connectivity index (χ1v) is 3.19. The van der Waals surface area contributed by atoms with Crippen LogP contribution in [-0.2, 0) is 4.57 Å². The van der Waals surface area contributed by atoms with E-state index in [2.05, 4.69) is 0 Å². The summed E-state index contributed by atoms with van der Waals surface area (Å²) < 4.78 is 8.55. The number of hydrogen-bond acceptors (Lipinski definition) is 4. The van der Waals surface area contributed by atoms with Crippen molar-refractivity contribution in [2.75, 3.05) is 0 Å². The molecule has 46 valence electrons. The molecule has 0 bridgehead atoms. The average Bonchev–Trinajstić information content (AvgIpc) is 1.36. The van der Waals surface area contributed by atoms with Gasteiger partial charge in [0.2, 0.25) is 0 Å². The van der Waals surface area contributed by atoms with Crippen molar-refractivity contribution in [2.24, 2.45) is 0 Å². The zero-order valence-corrected chi connectivity index (χ0v) is 6.71. The molecule has 0 rings (SSSR count). The Hall–Kier alpha value is 0.642. The van der Waals surface area contributed by atoms with E-state index in [0.717, 1.165) is 0 Å². The van der Waals surface area contributed by atoms with Crippen LogP contribution in [0, 0.1) is 0 Å². The van der Waals surface area contributed by atoms with Gasteiger partial charge in [-0.25, -0.2) is 0 Å². The van der Waals surface area contributed by atoms with Gasteiger partial charge in [-0.3, -0.25) is 0 Å². The molecule has 0 spiro atoms. The average molecular weight is 152 g/mol. The predicted molar refractivity (Wildman–Crippen MR) is 24.7 cm³/mol. The fraction of sp³-hybridized carbons (Fsp3) is 1.00. The fourth-order valence-corrected chi connectivity index (χ4v) is 0. The van der Waals surface area contributed by atoms with E-state index in [0.29, 0.717) is 0 Å². The molecule has 4 nitrogen and oxygen atoms in total. The summed E-state index contributed by atoms with van der Waals surface area (Å²) in [5, 5.41) is 0. The maximum atomic E-state index is 8.55. The Morgan fingerprint density at radius 2 is 1.12 bits per heavy atom. The minimum atomic E-state index is -5.39. The number of phosphoric acid groups is 1. The van der Waals surface area contributed by atoms with Crippen LogP contribution in [-0.4, -0.2) is 17.4 Å². The monoisotopic (exact) mass is 152 g/mol. The normalized spacial score (nSPS) is 8.12. The second kappa shape index (κ2) is 7.64. The molecule has 0 aromatic carbocycles. The molecule has 0 aromatic heterocycles. The largest absolute Gasteiger partial charge is 3.00 e. The molecule has 0 amide bonds. The van der Waals surface area contributed by atoms with Crippen LogP contribution in [0.25, 0.3) is 0 Å². The molecule has 0 aromatic rings. The van der Waals surface area contributed by atoms with Crippen molar-refractivity contribution in [1.29, 1.82) is 0 Å².